The van der Waals surface area contributed by atoms with E-state index in [0.717, 1.165) is 6.29 Å². The quantitative estimate of drug-likeness (QED) is 0.632. The third kappa shape index (κ3) is 3.48. The third-order valence-electron chi connectivity index (χ3n) is 2.59. The van der Waals surface area contributed by atoms with Gasteiger partial charge in [-0.25, -0.2) is 0 Å². The minimum absolute atomic E-state index is 0.0714. The van der Waals surface area contributed by atoms with Gasteiger partial charge in [-0.3, -0.25) is 4.79 Å². The first-order chi connectivity index (χ1) is 6.41. The summed E-state index contributed by atoms with van der Waals surface area (Å²) < 4.78 is 0. The molecule has 0 aromatic rings. The summed E-state index contributed by atoms with van der Waals surface area (Å²) in [7, 11) is 1.78. The van der Waals surface area contributed by atoms with Crippen LogP contribution >= 0.6 is 0 Å². The fourth-order valence-electron chi connectivity index (χ4n) is 1.28. The highest BCUT2D eigenvalue weighted by molar-refractivity contribution is 5.81. The Bertz CT molecular complexity index is 199. The van der Waals surface area contributed by atoms with E-state index in [0.29, 0.717) is 6.42 Å². The number of nitrogens with zero attached hydrogens (tertiary/aromatic N) is 1. The molecule has 0 aliphatic rings. The average molecular weight is 199 g/mol. The van der Waals surface area contributed by atoms with Gasteiger partial charge >= 0.3 is 0 Å². The van der Waals surface area contributed by atoms with E-state index >= 15 is 0 Å². The van der Waals surface area contributed by atoms with Crippen molar-refractivity contribution in [2.75, 3.05) is 7.05 Å². The van der Waals surface area contributed by atoms with Crippen LogP contribution in [0.1, 0.15) is 34.1 Å². The summed E-state index contributed by atoms with van der Waals surface area (Å²) in [6.07, 6.45) is 1.16. The molecule has 3 heteroatoms. The summed E-state index contributed by atoms with van der Waals surface area (Å²) in [5.74, 6) is 0.121. The molecule has 0 bridgehead atoms. The van der Waals surface area contributed by atoms with Gasteiger partial charge < -0.3 is 9.69 Å². The number of carbonyl (C=O) groups excluding carboxylic acids is 2. The highest BCUT2D eigenvalue weighted by Gasteiger charge is 2.25. The van der Waals surface area contributed by atoms with Crippen LogP contribution < -0.4 is 0 Å². The van der Waals surface area contributed by atoms with Gasteiger partial charge in [-0.15, -0.1) is 0 Å². The Labute approximate surface area is 86.5 Å². The summed E-state index contributed by atoms with van der Waals surface area (Å²) in [5, 5.41) is 0. The fourth-order valence-corrected chi connectivity index (χ4v) is 1.28. The number of hydrogen-bond acceptors (Lipinski definition) is 2. The average Bonchev–Trinajstić information content (AvgIpc) is 2.11. The Morgan fingerprint density at radius 2 is 1.79 bits per heavy atom. The molecular formula is C11H21NO2. The molecule has 1 unspecified atom stereocenters. The summed E-state index contributed by atoms with van der Waals surface area (Å²) in [6, 6.07) is 0.190. The van der Waals surface area contributed by atoms with Gasteiger partial charge in [0.05, 0.1) is 0 Å². The van der Waals surface area contributed by atoms with Crippen molar-refractivity contribution in [3.8, 4) is 0 Å². The molecule has 0 saturated carbocycles. The van der Waals surface area contributed by atoms with E-state index in [9.17, 15) is 9.59 Å². The first-order valence-electron chi connectivity index (χ1n) is 5.12. The topological polar surface area (TPSA) is 37.4 Å². The number of amides is 1. The molecule has 0 aliphatic carbocycles. The van der Waals surface area contributed by atoms with Crippen LogP contribution in [0.4, 0.5) is 0 Å². The molecule has 82 valence electrons. The zero-order valence-corrected chi connectivity index (χ0v) is 9.78. The number of rotatable bonds is 5. The second kappa shape index (κ2) is 5.78. The van der Waals surface area contributed by atoms with E-state index in [-0.39, 0.29) is 23.8 Å². The minimum Gasteiger partial charge on any atom is -0.343 e. The van der Waals surface area contributed by atoms with Crippen LogP contribution in [0.25, 0.3) is 0 Å². The van der Waals surface area contributed by atoms with E-state index in [1.54, 1.807) is 11.9 Å². The van der Waals surface area contributed by atoms with Crippen LogP contribution in [0, 0.1) is 11.8 Å². The number of hydrogen-bond donors (Lipinski definition) is 0. The lowest BCUT2D eigenvalue weighted by atomic mass is 9.91. The third-order valence-corrected chi connectivity index (χ3v) is 2.59. The SMILES string of the molecule is CC(C)C(CC=O)C(=O)N(C)C(C)C. The largest absolute Gasteiger partial charge is 0.343 e. The fraction of sp³-hybridized carbons (Fsp3) is 0.818. The van der Waals surface area contributed by atoms with Crippen molar-refractivity contribution in [2.45, 2.75) is 40.2 Å². The minimum atomic E-state index is -0.167. The van der Waals surface area contributed by atoms with Crippen molar-refractivity contribution >= 4 is 12.2 Å². The van der Waals surface area contributed by atoms with Gasteiger partial charge in [-0.2, -0.15) is 0 Å². The van der Waals surface area contributed by atoms with Crippen LogP contribution in [0.3, 0.4) is 0 Å². The Morgan fingerprint density at radius 3 is 2.07 bits per heavy atom. The molecular weight excluding hydrogens is 178 g/mol. The molecule has 3 nitrogen and oxygen atoms in total. The smallest absolute Gasteiger partial charge is 0.226 e. The molecule has 14 heavy (non-hydrogen) atoms. The van der Waals surface area contributed by atoms with Gasteiger partial charge in [0.25, 0.3) is 0 Å². The van der Waals surface area contributed by atoms with Crippen molar-refractivity contribution in [1.82, 2.24) is 4.90 Å². The van der Waals surface area contributed by atoms with Gasteiger partial charge in [0.15, 0.2) is 0 Å². The number of carbonyl (C=O) groups is 2. The highest BCUT2D eigenvalue weighted by atomic mass is 16.2. The summed E-state index contributed by atoms with van der Waals surface area (Å²) in [6.45, 7) is 7.88. The van der Waals surface area contributed by atoms with E-state index in [1.165, 1.54) is 0 Å². The van der Waals surface area contributed by atoms with Crippen molar-refractivity contribution in [3.63, 3.8) is 0 Å². The van der Waals surface area contributed by atoms with Crippen molar-refractivity contribution in [1.29, 1.82) is 0 Å². The first-order valence-corrected chi connectivity index (χ1v) is 5.12. The molecule has 0 radical (unpaired) electrons. The normalized spacial score (nSPS) is 13.1. The Balaban J connectivity index is 4.50. The highest BCUT2D eigenvalue weighted by Crippen LogP contribution is 2.17. The molecule has 0 fully saturated rings. The van der Waals surface area contributed by atoms with Gasteiger partial charge in [0.2, 0.25) is 5.91 Å². The van der Waals surface area contributed by atoms with E-state index in [1.807, 2.05) is 27.7 Å². The van der Waals surface area contributed by atoms with Crippen LogP contribution in [-0.4, -0.2) is 30.2 Å². The standard InChI is InChI=1S/C11H21NO2/c1-8(2)10(6-7-13)11(14)12(5)9(3)4/h7-10H,6H2,1-5H3. The molecule has 1 amide bonds. The Morgan fingerprint density at radius 1 is 1.29 bits per heavy atom. The van der Waals surface area contributed by atoms with Crippen molar-refractivity contribution < 1.29 is 9.59 Å². The maximum atomic E-state index is 11.9. The molecule has 0 N–H and O–H groups in total. The molecule has 0 spiro atoms. The Kier molecular flexibility index (Phi) is 5.43. The lowest BCUT2D eigenvalue weighted by molar-refractivity contribution is -0.138. The van der Waals surface area contributed by atoms with Crippen LogP contribution in [0.15, 0.2) is 0 Å². The predicted octanol–water partition coefficient (Wildman–Crippen LogP) is 1.71. The van der Waals surface area contributed by atoms with Crippen molar-refractivity contribution in [2.24, 2.45) is 11.8 Å². The number of aldehydes is 1. The second-order valence-corrected chi connectivity index (χ2v) is 4.30. The van der Waals surface area contributed by atoms with Gasteiger partial charge in [-0.1, -0.05) is 13.8 Å². The summed E-state index contributed by atoms with van der Waals surface area (Å²) in [5.41, 5.74) is 0. The van der Waals surface area contributed by atoms with Crippen molar-refractivity contribution in [3.05, 3.63) is 0 Å². The molecule has 0 heterocycles. The zero-order valence-electron chi connectivity index (χ0n) is 9.78. The molecule has 0 aromatic heterocycles. The van der Waals surface area contributed by atoms with E-state index in [4.69, 9.17) is 0 Å². The Hall–Kier alpha value is -0.860. The van der Waals surface area contributed by atoms with Crippen LogP contribution in [0.2, 0.25) is 0 Å². The maximum Gasteiger partial charge on any atom is 0.226 e. The molecule has 0 aliphatic heterocycles. The molecule has 0 rings (SSSR count). The maximum absolute atomic E-state index is 11.9. The second-order valence-electron chi connectivity index (χ2n) is 4.30. The molecule has 0 saturated heterocycles. The molecule has 0 aromatic carbocycles. The summed E-state index contributed by atoms with van der Waals surface area (Å²) in [4.78, 5) is 24.0. The van der Waals surface area contributed by atoms with Gasteiger partial charge in [0.1, 0.15) is 6.29 Å². The lowest BCUT2D eigenvalue weighted by Gasteiger charge is -2.27. The van der Waals surface area contributed by atoms with Crippen LogP contribution in [0.5, 0.6) is 0 Å². The predicted molar refractivity (Wildman–Crippen MR) is 56.9 cm³/mol. The van der Waals surface area contributed by atoms with Gasteiger partial charge in [-0.05, 0) is 19.8 Å². The zero-order chi connectivity index (χ0) is 11.3. The van der Waals surface area contributed by atoms with Gasteiger partial charge in [0, 0.05) is 25.4 Å². The van der Waals surface area contributed by atoms with Crippen LogP contribution in [-0.2, 0) is 9.59 Å². The van der Waals surface area contributed by atoms with E-state index < -0.39 is 0 Å². The molecule has 1 atom stereocenters. The van der Waals surface area contributed by atoms with E-state index in [2.05, 4.69) is 0 Å². The first kappa shape index (κ1) is 13.1. The lowest BCUT2D eigenvalue weighted by Crippen LogP contribution is -2.39. The monoisotopic (exact) mass is 199 g/mol. The summed E-state index contributed by atoms with van der Waals surface area (Å²) >= 11 is 0.